The van der Waals surface area contributed by atoms with Crippen molar-refractivity contribution in [2.45, 2.75) is 32.7 Å². The molecule has 150 valence electrons. The molecule has 1 aromatic carbocycles. The first-order valence-corrected chi connectivity index (χ1v) is 8.86. The standard InChI is InChI=1S/C19H29N3O5/c1-13(2)9-15(11-22(26)12-23)18(24)21-17(19(25)20-3)10-14-5-7-16(27-4)8-6-14/h5-8,12-13,15,17,26H,9-11H2,1-4H3,(H,20,25)(H,21,24)/t15-,17+/m1/s1. The minimum absolute atomic E-state index is 0.128. The number of rotatable bonds is 11. The van der Waals surface area contributed by atoms with Crippen molar-refractivity contribution in [1.82, 2.24) is 15.7 Å². The first kappa shape index (κ1) is 22.4. The van der Waals surface area contributed by atoms with Crippen molar-refractivity contribution >= 4 is 18.2 Å². The summed E-state index contributed by atoms with van der Waals surface area (Å²) in [5.41, 5.74) is 0.863. The molecule has 1 rings (SSSR count). The summed E-state index contributed by atoms with van der Waals surface area (Å²) < 4.78 is 5.12. The molecule has 8 heteroatoms. The first-order valence-electron chi connectivity index (χ1n) is 8.86. The zero-order valence-electron chi connectivity index (χ0n) is 16.3. The van der Waals surface area contributed by atoms with Crippen LogP contribution in [-0.4, -0.2) is 55.2 Å². The summed E-state index contributed by atoms with van der Waals surface area (Å²) in [7, 11) is 3.07. The molecule has 0 fully saturated rings. The zero-order valence-corrected chi connectivity index (χ0v) is 16.3. The Balaban J connectivity index is 2.89. The Bertz CT molecular complexity index is 618. The van der Waals surface area contributed by atoms with E-state index in [1.807, 2.05) is 26.0 Å². The maximum atomic E-state index is 12.7. The van der Waals surface area contributed by atoms with E-state index >= 15 is 0 Å². The van der Waals surface area contributed by atoms with Gasteiger partial charge < -0.3 is 15.4 Å². The molecular formula is C19H29N3O5. The Morgan fingerprint density at radius 1 is 1.22 bits per heavy atom. The summed E-state index contributed by atoms with van der Waals surface area (Å²) in [5.74, 6) is -0.442. The fraction of sp³-hybridized carbons (Fsp3) is 0.526. The predicted molar refractivity (Wildman–Crippen MR) is 100 cm³/mol. The van der Waals surface area contributed by atoms with E-state index < -0.39 is 12.0 Å². The summed E-state index contributed by atoms with van der Waals surface area (Å²) >= 11 is 0. The van der Waals surface area contributed by atoms with Crippen molar-refractivity contribution in [2.75, 3.05) is 20.7 Å². The number of hydrogen-bond acceptors (Lipinski definition) is 5. The molecule has 0 heterocycles. The lowest BCUT2D eigenvalue weighted by Gasteiger charge is -2.24. The van der Waals surface area contributed by atoms with Crippen LogP contribution in [0.2, 0.25) is 0 Å². The molecule has 3 amide bonds. The van der Waals surface area contributed by atoms with Crippen molar-refractivity contribution in [1.29, 1.82) is 0 Å². The second kappa shape index (κ2) is 11.2. The summed E-state index contributed by atoms with van der Waals surface area (Å²) in [6, 6.07) is 6.46. The van der Waals surface area contributed by atoms with Crippen LogP contribution < -0.4 is 15.4 Å². The van der Waals surface area contributed by atoms with Gasteiger partial charge in [-0.2, -0.15) is 0 Å². The maximum Gasteiger partial charge on any atom is 0.242 e. The van der Waals surface area contributed by atoms with Crippen molar-refractivity contribution in [3.05, 3.63) is 29.8 Å². The molecule has 0 saturated carbocycles. The molecule has 0 aliphatic carbocycles. The SMILES string of the molecule is CNC(=O)[C@H](Cc1ccc(OC)cc1)NC(=O)[C@H](CC(C)C)CN(O)C=O. The van der Waals surface area contributed by atoms with Crippen molar-refractivity contribution < 1.29 is 24.3 Å². The van der Waals surface area contributed by atoms with Gasteiger partial charge in [0.05, 0.1) is 19.6 Å². The Kier molecular flexibility index (Phi) is 9.29. The molecular weight excluding hydrogens is 350 g/mol. The van der Waals surface area contributed by atoms with Gasteiger partial charge in [0.2, 0.25) is 18.2 Å². The van der Waals surface area contributed by atoms with Crippen molar-refractivity contribution in [3.63, 3.8) is 0 Å². The van der Waals surface area contributed by atoms with Crippen molar-refractivity contribution in [2.24, 2.45) is 11.8 Å². The number of hydrogen-bond donors (Lipinski definition) is 3. The molecule has 0 aromatic heterocycles. The fourth-order valence-corrected chi connectivity index (χ4v) is 2.77. The minimum atomic E-state index is -0.770. The highest BCUT2D eigenvalue weighted by atomic mass is 16.5. The van der Waals surface area contributed by atoms with Gasteiger partial charge in [-0.25, -0.2) is 5.06 Å². The van der Waals surface area contributed by atoms with Crippen LogP contribution in [0.5, 0.6) is 5.75 Å². The lowest BCUT2D eigenvalue weighted by molar-refractivity contribution is -0.155. The maximum absolute atomic E-state index is 12.7. The van der Waals surface area contributed by atoms with Crippen LogP contribution in [0.15, 0.2) is 24.3 Å². The number of nitrogens with one attached hydrogen (secondary N) is 2. The molecule has 0 aliphatic heterocycles. The topological polar surface area (TPSA) is 108 Å². The van der Waals surface area contributed by atoms with Crippen LogP contribution in [0.3, 0.4) is 0 Å². The van der Waals surface area contributed by atoms with Gasteiger partial charge in [-0.3, -0.25) is 19.6 Å². The van der Waals surface area contributed by atoms with E-state index in [1.165, 1.54) is 7.05 Å². The van der Waals surface area contributed by atoms with Crippen LogP contribution in [0.1, 0.15) is 25.8 Å². The number of nitrogens with zero attached hydrogens (tertiary/aromatic N) is 1. The molecule has 0 saturated heterocycles. The van der Waals surface area contributed by atoms with E-state index in [-0.39, 0.29) is 30.7 Å². The number of amides is 3. The minimum Gasteiger partial charge on any atom is -0.497 e. The average Bonchev–Trinajstić information content (AvgIpc) is 2.66. The molecule has 0 radical (unpaired) electrons. The predicted octanol–water partition coefficient (Wildman–Crippen LogP) is 0.978. The van der Waals surface area contributed by atoms with E-state index in [9.17, 15) is 19.6 Å². The Morgan fingerprint density at radius 3 is 2.33 bits per heavy atom. The Hall–Kier alpha value is -2.61. The summed E-state index contributed by atoms with van der Waals surface area (Å²) in [6.07, 6.45) is 1.04. The van der Waals surface area contributed by atoms with Crippen LogP contribution in [0.4, 0.5) is 0 Å². The van der Waals surface area contributed by atoms with E-state index in [1.54, 1.807) is 19.2 Å². The second-order valence-corrected chi connectivity index (χ2v) is 6.78. The molecule has 2 atom stereocenters. The highest BCUT2D eigenvalue weighted by molar-refractivity contribution is 5.88. The Morgan fingerprint density at radius 2 is 1.85 bits per heavy atom. The largest absolute Gasteiger partial charge is 0.497 e. The number of benzene rings is 1. The van der Waals surface area contributed by atoms with Gasteiger partial charge in [0.15, 0.2) is 0 Å². The number of hydroxylamine groups is 2. The average molecular weight is 379 g/mol. The van der Waals surface area contributed by atoms with E-state index in [0.29, 0.717) is 23.7 Å². The lowest BCUT2D eigenvalue weighted by atomic mass is 9.95. The van der Waals surface area contributed by atoms with E-state index in [4.69, 9.17) is 4.74 Å². The third kappa shape index (κ3) is 7.65. The van der Waals surface area contributed by atoms with Gasteiger partial charge in [0, 0.05) is 13.5 Å². The fourth-order valence-electron chi connectivity index (χ4n) is 2.77. The molecule has 8 nitrogen and oxygen atoms in total. The molecule has 27 heavy (non-hydrogen) atoms. The summed E-state index contributed by atoms with van der Waals surface area (Å²) in [5, 5.41) is 15.2. The molecule has 1 aromatic rings. The third-order valence-corrected chi connectivity index (χ3v) is 4.13. The van der Waals surface area contributed by atoms with Gasteiger partial charge in [-0.1, -0.05) is 26.0 Å². The van der Waals surface area contributed by atoms with Crippen LogP contribution in [0, 0.1) is 11.8 Å². The van der Waals surface area contributed by atoms with Gasteiger partial charge in [0.1, 0.15) is 11.8 Å². The third-order valence-electron chi connectivity index (χ3n) is 4.13. The molecule has 0 unspecified atom stereocenters. The highest BCUT2D eigenvalue weighted by Gasteiger charge is 2.27. The van der Waals surface area contributed by atoms with Gasteiger partial charge in [0.25, 0.3) is 0 Å². The molecule has 0 bridgehead atoms. The number of carbonyl (C=O) groups is 3. The van der Waals surface area contributed by atoms with Crippen LogP contribution >= 0.6 is 0 Å². The molecule has 0 spiro atoms. The van der Waals surface area contributed by atoms with Crippen LogP contribution in [0.25, 0.3) is 0 Å². The van der Waals surface area contributed by atoms with Gasteiger partial charge in [-0.05, 0) is 30.0 Å². The normalized spacial score (nSPS) is 12.8. The number of ether oxygens (including phenoxy) is 1. The second-order valence-electron chi connectivity index (χ2n) is 6.78. The first-order chi connectivity index (χ1) is 12.8. The Labute approximate surface area is 159 Å². The lowest BCUT2D eigenvalue weighted by Crippen LogP contribution is -2.50. The van der Waals surface area contributed by atoms with Gasteiger partial charge in [-0.15, -0.1) is 0 Å². The molecule has 3 N–H and O–H groups in total. The van der Waals surface area contributed by atoms with Gasteiger partial charge >= 0.3 is 0 Å². The van der Waals surface area contributed by atoms with Crippen molar-refractivity contribution in [3.8, 4) is 5.75 Å². The van der Waals surface area contributed by atoms with E-state index in [0.717, 1.165) is 5.56 Å². The highest BCUT2D eigenvalue weighted by Crippen LogP contribution is 2.15. The smallest absolute Gasteiger partial charge is 0.242 e. The number of likely N-dealkylation sites (N-methyl/N-ethyl adjacent to an activating group) is 1. The number of carbonyl (C=O) groups excluding carboxylic acids is 3. The monoisotopic (exact) mass is 379 g/mol. The molecule has 0 aliphatic rings. The summed E-state index contributed by atoms with van der Waals surface area (Å²) in [6.45, 7) is 3.75. The number of methoxy groups -OCH3 is 1. The summed E-state index contributed by atoms with van der Waals surface area (Å²) in [4.78, 5) is 35.6. The van der Waals surface area contributed by atoms with Crippen LogP contribution in [-0.2, 0) is 20.8 Å². The zero-order chi connectivity index (χ0) is 20.4. The van der Waals surface area contributed by atoms with E-state index in [2.05, 4.69) is 10.6 Å². The quantitative estimate of drug-likeness (QED) is 0.302.